The quantitative estimate of drug-likeness (QED) is 0.377. The number of benzene rings is 2. The molecule has 0 atom stereocenters. The summed E-state index contributed by atoms with van der Waals surface area (Å²) < 4.78 is 19.6. The van der Waals surface area contributed by atoms with Gasteiger partial charge in [0.25, 0.3) is 5.56 Å². The van der Waals surface area contributed by atoms with Gasteiger partial charge in [0.2, 0.25) is 0 Å². The van der Waals surface area contributed by atoms with Gasteiger partial charge in [-0.25, -0.2) is 14.8 Å². The fourth-order valence-electron chi connectivity index (χ4n) is 5.21. The summed E-state index contributed by atoms with van der Waals surface area (Å²) in [6.07, 6.45) is 2.81. The number of ether oxygens (including phenoxy) is 3. The summed E-state index contributed by atoms with van der Waals surface area (Å²) >= 11 is 0. The van der Waals surface area contributed by atoms with E-state index in [2.05, 4.69) is 14.9 Å². The number of hydrogen-bond donors (Lipinski definition) is 0. The minimum Gasteiger partial charge on any atom is -0.494 e. The second-order valence-corrected chi connectivity index (χ2v) is 8.95. The van der Waals surface area contributed by atoms with Gasteiger partial charge in [-0.15, -0.1) is 0 Å². The van der Waals surface area contributed by atoms with Crippen LogP contribution in [0.4, 0.5) is 5.82 Å². The van der Waals surface area contributed by atoms with Gasteiger partial charge < -0.3 is 19.1 Å². The number of rotatable bonds is 7. The van der Waals surface area contributed by atoms with Gasteiger partial charge in [-0.3, -0.25) is 13.9 Å². The van der Waals surface area contributed by atoms with Crippen molar-refractivity contribution in [2.45, 2.75) is 39.3 Å². The fraction of sp³-hybridized carbons (Fsp3) is 0.407. The number of hydrogen-bond acceptors (Lipinski definition) is 8. The Labute approximate surface area is 214 Å². The van der Waals surface area contributed by atoms with Crippen LogP contribution in [0, 0.1) is 0 Å². The van der Waals surface area contributed by atoms with E-state index < -0.39 is 0 Å². The van der Waals surface area contributed by atoms with E-state index in [1.165, 1.54) is 4.57 Å². The third-order valence-corrected chi connectivity index (χ3v) is 7.02. The summed E-state index contributed by atoms with van der Waals surface area (Å²) in [6, 6.07) is 8.85. The van der Waals surface area contributed by atoms with Crippen LogP contribution in [0.25, 0.3) is 21.8 Å². The number of aromatic nitrogens is 4. The second kappa shape index (κ2) is 10.1. The third kappa shape index (κ3) is 4.26. The Morgan fingerprint density at radius 2 is 1.68 bits per heavy atom. The van der Waals surface area contributed by atoms with Gasteiger partial charge in [0.05, 0.1) is 37.2 Å². The van der Waals surface area contributed by atoms with Crippen molar-refractivity contribution in [2.24, 2.45) is 0 Å². The van der Waals surface area contributed by atoms with Gasteiger partial charge in [0.15, 0.2) is 11.5 Å². The molecule has 2 aromatic carbocycles. The highest BCUT2D eigenvalue weighted by molar-refractivity contribution is 5.92. The molecule has 194 valence electrons. The molecular formula is C27H31N5O5. The number of fused-ring (bicyclic) bond motifs is 2. The summed E-state index contributed by atoms with van der Waals surface area (Å²) in [6.45, 7) is 6.07. The summed E-state index contributed by atoms with van der Waals surface area (Å²) in [5, 5.41) is 1.36. The molecule has 0 radical (unpaired) electrons. The van der Waals surface area contributed by atoms with Crippen LogP contribution < -0.4 is 30.4 Å². The zero-order valence-electron chi connectivity index (χ0n) is 21.6. The highest BCUT2D eigenvalue weighted by atomic mass is 16.5. The van der Waals surface area contributed by atoms with Crippen molar-refractivity contribution in [3.05, 3.63) is 57.5 Å². The van der Waals surface area contributed by atoms with Crippen LogP contribution in [0.3, 0.4) is 0 Å². The van der Waals surface area contributed by atoms with E-state index >= 15 is 0 Å². The van der Waals surface area contributed by atoms with Gasteiger partial charge in [0.1, 0.15) is 17.9 Å². The molecule has 0 spiro atoms. The van der Waals surface area contributed by atoms with Crippen molar-refractivity contribution in [3.63, 3.8) is 0 Å². The van der Waals surface area contributed by atoms with Crippen LogP contribution in [-0.4, -0.2) is 53.0 Å². The molecule has 5 rings (SSSR count). The van der Waals surface area contributed by atoms with Gasteiger partial charge in [-0.1, -0.05) is 0 Å². The van der Waals surface area contributed by atoms with E-state index in [9.17, 15) is 9.59 Å². The summed E-state index contributed by atoms with van der Waals surface area (Å²) in [5.41, 5.74) is 0.846. The van der Waals surface area contributed by atoms with Crippen LogP contribution in [0.2, 0.25) is 0 Å². The van der Waals surface area contributed by atoms with E-state index in [1.54, 1.807) is 43.3 Å². The standard InChI is InChI=1S/C27H31N5O5/c1-5-31-22-8-7-18(37-6-2)13-20(22)26(33)32(27(31)34)17-9-11-30(12-10-17)25-19-14-23(35-3)24(36-4)15-21(19)28-16-29-25/h7-8,13-17H,5-6,9-12H2,1-4H3. The first-order valence-corrected chi connectivity index (χ1v) is 12.5. The summed E-state index contributed by atoms with van der Waals surface area (Å²) in [5.74, 6) is 2.63. The zero-order valence-corrected chi connectivity index (χ0v) is 21.6. The van der Waals surface area contributed by atoms with E-state index in [0.29, 0.717) is 67.2 Å². The number of methoxy groups -OCH3 is 2. The first-order valence-electron chi connectivity index (χ1n) is 12.5. The molecule has 37 heavy (non-hydrogen) atoms. The molecule has 0 aliphatic carbocycles. The predicted octanol–water partition coefficient (Wildman–Crippen LogP) is 3.38. The molecule has 1 saturated heterocycles. The first-order chi connectivity index (χ1) is 18.0. The molecule has 1 fully saturated rings. The topological polar surface area (TPSA) is 101 Å². The first kappa shape index (κ1) is 24.6. The predicted molar refractivity (Wildman–Crippen MR) is 142 cm³/mol. The highest BCUT2D eigenvalue weighted by Gasteiger charge is 2.27. The van der Waals surface area contributed by atoms with Crippen LogP contribution in [-0.2, 0) is 6.54 Å². The molecule has 10 heteroatoms. The van der Waals surface area contributed by atoms with Crippen molar-refractivity contribution in [2.75, 3.05) is 38.8 Å². The Balaban J connectivity index is 1.49. The Morgan fingerprint density at radius 1 is 0.946 bits per heavy atom. The second-order valence-electron chi connectivity index (χ2n) is 8.95. The monoisotopic (exact) mass is 505 g/mol. The molecule has 0 bridgehead atoms. The average Bonchev–Trinajstić information content (AvgIpc) is 2.93. The molecule has 0 unspecified atom stereocenters. The lowest BCUT2D eigenvalue weighted by Crippen LogP contribution is -2.46. The van der Waals surface area contributed by atoms with Gasteiger partial charge >= 0.3 is 5.69 Å². The number of piperidine rings is 1. The molecule has 2 aromatic heterocycles. The number of aryl methyl sites for hydroxylation is 1. The van der Waals surface area contributed by atoms with E-state index in [-0.39, 0.29) is 17.3 Å². The lowest BCUT2D eigenvalue weighted by molar-refractivity contribution is 0.340. The van der Waals surface area contributed by atoms with Crippen molar-refractivity contribution in [1.82, 2.24) is 19.1 Å². The van der Waals surface area contributed by atoms with Crippen LogP contribution >= 0.6 is 0 Å². The SMILES string of the molecule is CCOc1ccc2c(c1)c(=O)n(C1CCN(c3ncnc4cc(OC)c(OC)cc34)CC1)c(=O)n2CC. The van der Waals surface area contributed by atoms with Gasteiger partial charge in [0, 0.05) is 37.1 Å². The lowest BCUT2D eigenvalue weighted by Gasteiger charge is -2.34. The maximum Gasteiger partial charge on any atom is 0.331 e. The largest absolute Gasteiger partial charge is 0.494 e. The molecule has 3 heterocycles. The Hall–Kier alpha value is -4.08. The third-order valence-electron chi connectivity index (χ3n) is 7.02. The van der Waals surface area contributed by atoms with Gasteiger partial charge in [-0.05, 0) is 51.0 Å². The number of anilines is 1. The minimum atomic E-state index is -0.271. The zero-order chi connectivity index (χ0) is 26.1. The smallest absolute Gasteiger partial charge is 0.331 e. The Bertz CT molecular complexity index is 1570. The van der Waals surface area contributed by atoms with Crippen LogP contribution in [0.5, 0.6) is 17.2 Å². The lowest BCUT2D eigenvalue weighted by atomic mass is 10.0. The molecule has 1 aliphatic heterocycles. The molecule has 0 N–H and O–H groups in total. The molecule has 4 aromatic rings. The van der Waals surface area contributed by atoms with Crippen LogP contribution in [0.15, 0.2) is 46.2 Å². The molecular weight excluding hydrogens is 474 g/mol. The molecule has 10 nitrogen and oxygen atoms in total. The van der Waals surface area contributed by atoms with E-state index in [0.717, 1.165) is 16.7 Å². The summed E-state index contributed by atoms with van der Waals surface area (Å²) in [4.78, 5) is 38.1. The van der Waals surface area contributed by atoms with Crippen molar-refractivity contribution in [1.29, 1.82) is 0 Å². The summed E-state index contributed by atoms with van der Waals surface area (Å²) in [7, 11) is 3.19. The van der Waals surface area contributed by atoms with E-state index in [1.807, 2.05) is 26.0 Å². The molecule has 0 amide bonds. The fourth-order valence-corrected chi connectivity index (χ4v) is 5.21. The van der Waals surface area contributed by atoms with Gasteiger partial charge in [-0.2, -0.15) is 0 Å². The molecule has 1 aliphatic rings. The Kier molecular flexibility index (Phi) is 6.73. The normalized spacial score (nSPS) is 14.3. The van der Waals surface area contributed by atoms with Crippen molar-refractivity contribution in [3.8, 4) is 17.2 Å². The highest BCUT2D eigenvalue weighted by Crippen LogP contribution is 2.36. The maximum atomic E-state index is 13.6. The minimum absolute atomic E-state index is 0.211. The average molecular weight is 506 g/mol. The Morgan fingerprint density at radius 3 is 2.35 bits per heavy atom. The maximum absolute atomic E-state index is 13.6. The number of nitrogens with zero attached hydrogens (tertiary/aromatic N) is 5. The van der Waals surface area contributed by atoms with Crippen LogP contribution in [0.1, 0.15) is 32.7 Å². The molecule has 0 saturated carbocycles. The van der Waals surface area contributed by atoms with Crippen molar-refractivity contribution >= 4 is 27.6 Å². The van der Waals surface area contributed by atoms with Crippen molar-refractivity contribution < 1.29 is 14.2 Å². The van der Waals surface area contributed by atoms with E-state index in [4.69, 9.17) is 14.2 Å².